The number of hydrazone groups is 1. The summed E-state index contributed by atoms with van der Waals surface area (Å²) in [7, 11) is 0. The van der Waals surface area contributed by atoms with E-state index in [1.165, 1.54) is 43.3 Å². The molecule has 0 saturated heterocycles. The molecule has 0 bridgehead atoms. The average Bonchev–Trinajstić information content (AvgIpc) is 3.41. The fourth-order valence-electron chi connectivity index (χ4n) is 3.04. The van der Waals surface area contributed by atoms with Crippen LogP contribution in [0.3, 0.4) is 0 Å². The zero-order chi connectivity index (χ0) is 22.1. The highest BCUT2D eigenvalue weighted by molar-refractivity contribution is 5.96. The van der Waals surface area contributed by atoms with Crippen molar-refractivity contribution in [2.45, 2.75) is 13.2 Å². The summed E-state index contributed by atoms with van der Waals surface area (Å²) in [5.41, 5.74) is 0.572. The Balaban J connectivity index is 1.64. The molecular formula is C20H14N4O7. The Hall–Kier alpha value is -4.54. The standard InChI is InChI=1S/C20H14N4O7/c1-12(25)22-20(31-19(21-22)14-5-3-7-16(11-14)24(28)29)18-9-8-17(30-18)13-4-2-6-15(10-13)23(26)27/h2-11,20H,1H3/t20-/m1/s1. The van der Waals surface area contributed by atoms with Crippen molar-refractivity contribution in [3.63, 3.8) is 0 Å². The zero-order valence-electron chi connectivity index (χ0n) is 16.0. The minimum atomic E-state index is -1.03. The average molecular weight is 422 g/mol. The largest absolute Gasteiger partial charge is 0.455 e. The predicted molar refractivity (Wildman–Crippen MR) is 107 cm³/mol. The van der Waals surface area contributed by atoms with Gasteiger partial charge in [-0.3, -0.25) is 25.0 Å². The smallest absolute Gasteiger partial charge is 0.270 e. The van der Waals surface area contributed by atoms with E-state index in [0.717, 1.165) is 5.01 Å². The van der Waals surface area contributed by atoms with Gasteiger partial charge in [-0.2, -0.15) is 5.01 Å². The maximum atomic E-state index is 12.1. The molecule has 11 heteroatoms. The Morgan fingerprint density at radius 2 is 1.58 bits per heavy atom. The molecule has 3 aromatic rings. The van der Waals surface area contributed by atoms with E-state index in [1.54, 1.807) is 24.3 Å². The van der Waals surface area contributed by atoms with E-state index >= 15 is 0 Å². The monoisotopic (exact) mass is 422 g/mol. The first-order valence-corrected chi connectivity index (χ1v) is 8.98. The van der Waals surface area contributed by atoms with Gasteiger partial charge in [0.15, 0.2) is 5.76 Å². The van der Waals surface area contributed by atoms with Crippen LogP contribution >= 0.6 is 0 Å². The minimum Gasteiger partial charge on any atom is -0.455 e. The molecule has 11 nitrogen and oxygen atoms in total. The Morgan fingerprint density at radius 1 is 0.968 bits per heavy atom. The number of rotatable bonds is 5. The van der Waals surface area contributed by atoms with E-state index in [9.17, 15) is 25.0 Å². The highest BCUT2D eigenvalue weighted by Crippen LogP contribution is 2.34. The van der Waals surface area contributed by atoms with Crippen molar-refractivity contribution in [2.24, 2.45) is 5.10 Å². The molecule has 1 aromatic heterocycles. The van der Waals surface area contributed by atoms with Crippen LogP contribution in [0, 0.1) is 20.2 Å². The number of hydrogen-bond donors (Lipinski definition) is 0. The summed E-state index contributed by atoms with van der Waals surface area (Å²) in [6.07, 6.45) is -1.03. The molecule has 0 spiro atoms. The molecule has 1 atom stereocenters. The molecule has 4 rings (SSSR count). The molecule has 156 valence electrons. The molecule has 2 heterocycles. The molecule has 0 fully saturated rings. The predicted octanol–water partition coefficient (Wildman–Crippen LogP) is 4.00. The second-order valence-electron chi connectivity index (χ2n) is 6.56. The third-order valence-electron chi connectivity index (χ3n) is 4.48. The van der Waals surface area contributed by atoms with E-state index in [1.807, 2.05) is 0 Å². The lowest BCUT2D eigenvalue weighted by Gasteiger charge is -2.16. The number of nitro benzene ring substituents is 2. The van der Waals surface area contributed by atoms with Crippen LogP contribution in [0.25, 0.3) is 11.3 Å². The number of amides is 1. The summed E-state index contributed by atoms with van der Waals surface area (Å²) in [6, 6.07) is 14.8. The molecule has 0 saturated carbocycles. The van der Waals surface area contributed by atoms with Crippen LogP contribution in [0.15, 0.2) is 70.2 Å². The van der Waals surface area contributed by atoms with Gasteiger partial charge in [0.2, 0.25) is 11.8 Å². The van der Waals surface area contributed by atoms with Crippen LogP contribution < -0.4 is 0 Å². The van der Waals surface area contributed by atoms with Crippen molar-refractivity contribution in [3.8, 4) is 11.3 Å². The number of furan rings is 1. The minimum absolute atomic E-state index is 0.0252. The molecule has 31 heavy (non-hydrogen) atoms. The molecule has 1 amide bonds. The first kappa shape index (κ1) is 19.8. The summed E-state index contributed by atoms with van der Waals surface area (Å²) < 4.78 is 11.6. The van der Waals surface area contributed by atoms with Crippen molar-refractivity contribution >= 4 is 23.2 Å². The molecule has 1 aliphatic heterocycles. The number of non-ortho nitro benzene ring substituents is 2. The van der Waals surface area contributed by atoms with Crippen LogP contribution in [0.1, 0.15) is 24.5 Å². The molecule has 2 aromatic carbocycles. The van der Waals surface area contributed by atoms with Crippen molar-refractivity contribution in [1.82, 2.24) is 5.01 Å². The van der Waals surface area contributed by atoms with Gasteiger partial charge in [-0.1, -0.05) is 18.2 Å². The highest BCUT2D eigenvalue weighted by atomic mass is 16.6. The van der Waals surface area contributed by atoms with Crippen LogP contribution in [-0.4, -0.2) is 26.7 Å². The van der Waals surface area contributed by atoms with Crippen LogP contribution in [0.2, 0.25) is 0 Å². The quantitative estimate of drug-likeness (QED) is 0.447. The number of carbonyl (C=O) groups excluding carboxylic acids is 1. The summed E-state index contributed by atoms with van der Waals surface area (Å²) >= 11 is 0. The zero-order valence-corrected chi connectivity index (χ0v) is 16.0. The van der Waals surface area contributed by atoms with Gasteiger partial charge >= 0.3 is 0 Å². The number of carbonyl (C=O) groups is 1. The number of nitro groups is 2. The molecule has 0 N–H and O–H groups in total. The van der Waals surface area contributed by atoms with Gasteiger partial charge in [0.1, 0.15) is 5.76 Å². The van der Waals surface area contributed by atoms with E-state index in [2.05, 4.69) is 5.10 Å². The van der Waals surface area contributed by atoms with Crippen molar-refractivity contribution in [2.75, 3.05) is 0 Å². The first-order chi connectivity index (χ1) is 14.8. The van der Waals surface area contributed by atoms with Gasteiger partial charge in [-0.15, -0.1) is 5.10 Å². The fraction of sp³-hybridized carbons (Fsp3) is 0.100. The summed E-state index contributed by atoms with van der Waals surface area (Å²) in [5, 5.41) is 27.2. The maximum Gasteiger partial charge on any atom is 0.270 e. The van der Waals surface area contributed by atoms with Gasteiger partial charge in [0.25, 0.3) is 17.6 Å². The van der Waals surface area contributed by atoms with E-state index in [-0.39, 0.29) is 23.0 Å². The van der Waals surface area contributed by atoms with E-state index < -0.39 is 22.0 Å². The van der Waals surface area contributed by atoms with Crippen LogP contribution in [0.5, 0.6) is 0 Å². The maximum absolute atomic E-state index is 12.1. The number of hydrogen-bond acceptors (Lipinski definition) is 8. The molecule has 0 radical (unpaired) electrons. The Kier molecular flexibility index (Phi) is 4.91. The molecule has 1 aliphatic rings. The summed E-state index contributed by atoms with van der Waals surface area (Å²) in [4.78, 5) is 33.1. The van der Waals surface area contributed by atoms with Crippen LogP contribution in [0.4, 0.5) is 11.4 Å². The van der Waals surface area contributed by atoms with Gasteiger partial charge in [-0.05, 0) is 18.2 Å². The van der Waals surface area contributed by atoms with Gasteiger partial charge < -0.3 is 9.15 Å². The van der Waals surface area contributed by atoms with Crippen molar-refractivity contribution in [3.05, 3.63) is 92.2 Å². The number of benzene rings is 2. The van der Waals surface area contributed by atoms with Gasteiger partial charge in [0, 0.05) is 42.3 Å². The Labute approximate surface area is 174 Å². The topological polar surface area (TPSA) is 141 Å². The van der Waals surface area contributed by atoms with E-state index in [4.69, 9.17) is 9.15 Å². The second kappa shape index (κ2) is 7.71. The van der Waals surface area contributed by atoms with Crippen molar-refractivity contribution in [1.29, 1.82) is 0 Å². The number of ether oxygens (including phenoxy) is 1. The normalized spacial score (nSPS) is 15.3. The Morgan fingerprint density at radius 3 is 2.19 bits per heavy atom. The Bertz CT molecular complexity index is 1230. The molecular weight excluding hydrogens is 408 g/mol. The highest BCUT2D eigenvalue weighted by Gasteiger charge is 2.36. The lowest BCUT2D eigenvalue weighted by atomic mass is 10.1. The van der Waals surface area contributed by atoms with Crippen LogP contribution in [-0.2, 0) is 9.53 Å². The fourth-order valence-corrected chi connectivity index (χ4v) is 3.04. The second-order valence-corrected chi connectivity index (χ2v) is 6.56. The third-order valence-corrected chi connectivity index (χ3v) is 4.48. The van der Waals surface area contributed by atoms with E-state index in [0.29, 0.717) is 16.9 Å². The van der Waals surface area contributed by atoms with Gasteiger partial charge in [-0.25, -0.2) is 0 Å². The lowest BCUT2D eigenvalue weighted by molar-refractivity contribution is -0.385. The third kappa shape index (κ3) is 3.83. The number of nitrogens with zero attached hydrogens (tertiary/aromatic N) is 4. The van der Waals surface area contributed by atoms with Crippen molar-refractivity contribution < 1.29 is 23.8 Å². The van der Waals surface area contributed by atoms with Gasteiger partial charge in [0.05, 0.1) is 9.85 Å². The lowest BCUT2D eigenvalue weighted by Crippen LogP contribution is -2.24. The SMILES string of the molecule is CC(=O)N1N=C(c2cccc([N+](=O)[O-])c2)O[C@@H]1c1ccc(-c2cccc([N+](=O)[O-])c2)o1. The summed E-state index contributed by atoms with van der Waals surface area (Å²) in [5.74, 6) is 0.173. The molecule has 0 unspecified atom stereocenters. The first-order valence-electron chi connectivity index (χ1n) is 8.98. The summed E-state index contributed by atoms with van der Waals surface area (Å²) in [6.45, 7) is 1.29. The molecule has 0 aliphatic carbocycles.